The summed E-state index contributed by atoms with van der Waals surface area (Å²) in [5.41, 5.74) is 1.45. The maximum atomic E-state index is 12.3. The Morgan fingerprint density at radius 2 is 1.81 bits per heavy atom. The number of aliphatic carboxylic acids is 2. The summed E-state index contributed by atoms with van der Waals surface area (Å²) < 4.78 is 2.65. The smallest absolute Gasteiger partial charge is 0.325 e. The van der Waals surface area contributed by atoms with Crippen LogP contribution in [-0.2, 0) is 20.9 Å². The number of carboxylic acids is 2. The maximum absolute atomic E-state index is 12.3. The number of hydrogen-bond acceptors (Lipinski definition) is 5. The zero-order valence-corrected chi connectivity index (χ0v) is 19.2. The summed E-state index contributed by atoms with van der Waals surface area (Å²) in [7, 11) is 3.44. The molecule has 0 saturated carbocycles. The number of amides is 1. The van der Waals surface area contributed by atoms with Gasteiger partial charge < -0.3 is 19.7 Å². The third-order valence-electron chi connectivity index (χ3n) is 5.60. The predicted molar refractivity (Wildman–Crippen MR) is 119 cm³/mol. The molecule has 0 radical (unpaired) electrons. The lowest BCUT2D eigenvalue weighted by Gasteiger charge is -2.37. The van der Waals surface area contributed by atoms with E-state index < -0.39 is 18.0 Å². The van der Waals surface area contributed by atoms with Crippen molar-refractivity contribution in [1.29, 1.82) is 0 Å². The molecule has 168 valence electrons. The molecule has 3 rings (SSSR count). The van der Waals surface area contributed by atoms with Crippen LogP contribution >= 0.6 is 15.9 Å². The van der Waals surface area contributed by atoms with Gasteiger partial charge in [-0.05, 0) is 12.1 Å². The minimum Gasteiger partial charge on any atom is -0.481 e. The number of rotatable bonds is 8. The van der Waals surface area contributed by atoms with Gasteiger partial charge in [0.25, 0.3) is 0 Å². The zero-order chi connectivity index (χ0) is 22.7. The van der Waals surface area contributed by atoms with E-state index in [0.29, 0.717) is 38.3 Å². The van der Waals surface area contributed by atoms with Crippen LogP contribution in [-0.4, -0.2) is 94.1 Å². The van der Waals surface area contributed by atoms with E-state index in [1.54, 1.807) is 25.2 Å². The molecule has 0 spiro atoms. The topological polar surface area (TPSA) is 106 Å². The van der Waals surface area contributed by atoms with Crippen molar-refractivity contribution in [1.82, 2.24) is 19.3 Å². The highest BCUT2D eigenvalue weighted by atomic mass is 79.9. The molecule has 1 fully saturated rings. The molecule has 1 aliphatic rings. The zero-order valence-electron chi connectivity index (χ0n) is 17.6. The molecule has 2 aromatic rings. The Labute approximate surface area is 188 Å². The summed E-state index contributed by atoms with van der Waals surface area (Å²) in [4.78, 5) is 40.8. The number of likely N-dealkylation sites (N-methyl/N-ethyl adjacent to an activating group) is 1. The second-order valence-corrected chi connectivity index (χ2v) is 8.84. The Balaban J connectivity index is 1.86. The Hall–Kier alpha value is -2.43. The van der Waals surface area contributed by atoms with E-state index >= 15 is 0 Å². The average molecular weight is 495 g/mol. The molecule has 1 aromatic carbocycles. The van der Waals surface area contributed by atoms with Gasteiger partial charge in [-0.15, -0.1) is 0 Å². The van der Waals surface area contributed by atoms with Crippen molar-refractivity contribution in [3.63, 3.8) is 0 Å². The van der Waals surface area contributed by atoms with Crippen LogP contribution in [0.1, 0.15) is 18.0 Å². The van der Waals surface area contributed by atoms with Crippen molar-refractivity contribution >= 4 is 44.7 Å². The molecule has 2 N–H and O–H groups in total. The van der Waals surface area contributed by atoms with E-state index in [9.17, 15) is 19.5 Å². The van der Waals surface area contributed by atoms with Crippen molar-refractivity contribution in [3.8, 4) is 0 Å². The number of benzene rings is 1. The molecule has 10 heteroatoms. The predicted octanol–water partition coefficient (Wildman–Crippen LogP) is 1.71. The number of carbonyl (C=O) groups is 3. The minimum atomic E-state index is -0.946. The molecule has 31 heavy (non-hydrogen) atoms. The molecular weight excluding hydrogens is 468 g/mol. The highest BCUT2D eigenvalue weighted by Gasteiger charge is 2.33. The molecule has 2 heterocycles. The fraction of sp³-hybridized carbons (Fsp3) is 0.476. The van der Waals surface area contributed by atoms with Crippen LogP contribution < -0.4 is 0 Å². The standard InChI is InChI=1S/C21H27BrN4O5/c1-23(2)18(27)13-24-7-9-25(10-8-24)20(21(30)31)16-12-26(6-5-19(28)29)17-11-14(22)3-4-15(16)17/h3-4,11-12,20H,5-10,13H2,1-2H3,(H,28,29)(H,30,31)/t20-/m0/s1. The van der Waals surface area contributed by atoms with Gasteiger partial charge >= 0.3 is 11.9 Å². The van der Waals surface area contributed by atoms with Gasteiger partial charge in [-0.25, -0.2) is 0 Å². The summed E-state index contributed by atoms with van der Waals surface area (Å²) in [5, 5.41) is 19.9. The lowest BCUT2D eigenvalue weighted by atomic mass is 10.0. The number of carbonyl (C=O) groups excluding carboxylic acids is 1. The molecule has 0 aliphatic carbocycles. The van der Waals surface area contributed by atoms with Crippen molar-refractivity contribution in [3.05, 3.63) is 34.4 Å². The van der Waals surface area contributed by atoms with Crippen LogP contribution in [0.2, 0.25) is 0 Å². The number of hydrogen-bond donors (Lipinski definition) is 2. The molecule has 0 bridgehead atoms. The van der Waals surface area contributed by atoms with Gasteiger partial charge in [0.2, 0.25) is 5.91 Å². The van der Waals surface area contributed by atoms with Gasteiger partial charge in [0.1, 0.15) is 6.04 Å². The van der Waals surface area contributed by atoms with Gasteiger partial charge in [-0.2, -0.15) is 0 Å². The molecule has 9 nitrogen and oxygen atoms in total. The number of aromatic nitrogens is 1. The van der Waals surface area contributed by atoms with Gasteiger partial charge in [0.15, 0.2) is 0 Å². The van der Waals surface area contributed by atoms with Crippen LogP contribution in [0, 0.1) is 0 Å². The molecular formula is C21H27BrN4O5. The summed E-state index contributed by atoms with van der Waals surface area (Å²) in [6, 6.07) is 4.76. The molecule has 1 saturated heterocycles. The number of fused-ring (bicyclic) bond motifs is 1. The fourth-order valence-electron chi connectivity index (χ4n) is 3.91. The normalized spacial score (nSPS) is 16.4. The van der Waals surface area contributed by atoms with Gasteiger partial charge in [0.05, 0.1) is 13.0 Å². The number of nitrogens with zero attached hydrogens (tertiary/aromatic N) is 4. The van der Waals surface area contributed by atoms with Crippen LogP contribution in [0.4, 0.5) is 0 Å². The Morgan fingerprint density at radius 3 is 2.39 bits per heavy atom. The fourth-order valence-corrected chi connectivity index (χ4v) is 4.26. The summed E-state index contributed by atoms with van der Waals surface area (Å²) in [6.45, 7) is 2.83. The Morgan fingerprint density at radius 1 is 1.13 bits per heavy atom. The van der Waals surface area contributed by atoms with E-state index in [0.717, 1.165) is 15.4 Å². The molecule has 1 aromatic heterocycles. The lowest BCUT2D eigenvalue weighted by Crippen LogP contribution is -2.51. The quantitative estimate of drug-likeness (QED) is 0.575. The van der Waals surface area contributed by atoms with Gasteiger partial charge in [-0.3, -0.25) is 24.2 Å². The van der Waals surface area contributed by atoms with Gasteiger partial charge in [-0.1, -0.05) is 22.0 Å². The summed E-state index contributed by atoms with van der Waals surface area (Å²) in [6.07, 6.45) is 1.72. The molecule has 1 aliphatic heterocycles. The van der Waals surface area contributed by atoms with E-state index in [-0.39, 0.29) is 18.9 Å². The van der Waals surface area contributed by atoms with Crippen LogP contribution in [0.15, 0.2) is 28.9 Å². The highest BCUT2D eigenvalue weighted by molar-refractivity contribution is 9.10. The van der Waals surface area contributed by atoms with E-state index in [1.165, 1.54) is 0 Å². The van der Waals surface area contributed by atoms with Crippen molar-refractivity contribution in [2.45, 2.75) is 19.0 Å². The number of halogens is 1. The molecule has 0 unspecified atom stereocenters. The molecule has 1 amide bonds. The van der Waals surface area contributed by atoms with E-state index in [4.69, 9.17) is 5.11 Å². The first kappa shape index (κ1) is 23.2. The third kappa shape index (κ3) is 5.44. The largest absolute Gasteiger partial charge is 0.481 e. The maximum Gasteiger partial charge on any atom is 0.325 e. The number of piperazine rings is 1. The third-order valence-corrected chi connectivity index (χ3v) is 6.09. The highest BCUT2D eigenvalue weighted by Crippen LogP contribution is 2.33. The van der Waals surface area contributed by atoms with E-state index in [2.05, 4.69) is 15.9 Å². The Bertz CT molecular complexity index is 982. The van der Waals surface area contributed by atoms with Crippen LogP contribution in [0.25, 0.3) is 10.9 Å². The minimum absolute atomic E-state index is 0.0234. The average Bonchev–Trinajstić information content (AvgIpc) is 3.04. The van der Waals surface area contributed by atoms with Gasteiger partial charge in [0, 0.05) is 74.0 Å². The number of carboxylic acid groups (broad SMARTS) is 2. The van der Waals surface area contributed by atoms with Crippen molar-refractivity contribution < 1.29 is 24.6 Å². The molecule has 1 atom stereocenters. The summed E-state index contributed by atoms with van der Waals surface area (Å²) >= 11 is 3.44. The lowest BCUT2D eigenvalue weighted by molar-refractivity contribution is -0.145. The second-order valence-electron chi connectivity index (χ2n) is 7.92. The number of aryl methyl sites for hydroxylation is 1. The summed E-state index contributed by atoms with van der Waals surface area (Å²) in [5.74, 6) is -1.83. The first-order valence-corrected chi connectivity index (χ1v) is 10.9. The SMILES string of the molecule is CN(C)C(=O)CN1CCN([C@H](C(=O)O)c2cn(CCC(=O)O)c3cc(Br)ccc23)CC1. The van der Waals surface area contributed by atoms with Crippen LogP contribution in [0.5, 0.6) is 0 Å². The van der Waals surface area contributed by atoms with Crippen LogP contribution in [0.3, 0.4) is 0 Å². The second kappa shape index (κ2) is 9.80. The Kier molecular flexibility index (Phi) is 7.34. The first-order valence-electron chi connectivity index (χ1n) is 10.1. The monoisotopic (exact) mass is 494 g/mol. The van der Waals surface area contributed by atoms with Crippen molar-refractivity contribution in [2.75, 3.05) is 46.8 Å². The first-order chi connectivity index (χ1) is 14.7. The van der Waals surface area contributed by atoms with Crippen molar-refractivity contribution in [2.24, 2.45) is 0 Å². The van der Waals surface area contributed by atoms with E-state index in [1.807, 2.05) is 32.6 Å².